The molecule has 3 aromatic carbocycles. The van der Waals surface area contributed by atoms with Gasteiger partial charge in [-0.25, -0.2) is 0 Å². The molecule has 29 heavy (non-hydrogen) atoms. The van der Waals surface area contributed by atoms with E-state index in [0.29, 0.717) is 11.3 Å². The van der Waals surface area contributed by atoms with Crippen molar-refractivity contribution in [2.75, 3.05) is 10.2 Å². The highest BCUT2D eigenvalue weighted by atomic mass is 79.9. The summed E-state index contributed by atoms with van der Waals surface area (Å²) in [5.74, 6) is -0.104. The quantitative estimate of drug-likeness (QED) is 0.518. The Kier molecular flexibility index (Phi) is 4.68. The number of fused-ring (bicyclic) bond motifs is 2. The monoisotopic (exact) mass is 464 g/mol. The summed E-state index contributed by atoms with van der Waals surface area (Å²) in [5.41, 5.74) is 2.96. The van der Waals surface area contributed by atoms with Crippen LogP contribution in [-0.4, -0.2) is 17.9 Å². The number of rotatable bonds is 3. The topological polar surface area (TPSA) is 49.4 Å². The third kappa shape index (κ3) is 3.58. The van der Waals surface area contributed by atoms with Crippen molar-refractivity contribution in [3.05, 3.63) is 82.3 Å². The summed E-state index contributed by atoms with van der Waals surface area (Å²) >= 11 is 4.96. The van der Waals surface area contributed by atoms with Crippen molar-refractivity contribution in [3.8, 4) is 0 Å². The molecule has 4 nitrogen and oxygen atoms in total. The molecule has 1 heterocycles. The van der Waals surface area contributed by atoms with E-state index >= 15 is 0 Å². The molecule has 0 spiro atoms. The van der Waals surface area contributed by atoms with Gasteiger partial charge in [-0.2, -0.15) is 0 Å². The molecule has 0 atom stereocenters. The van der Waals surface area contributed by atoms with Gasteiger partial charge in [-0.05, 0) is 67.4 Å². The fourth-order valence-electron chi connectivity index (χ4n) is 3.46. The van der Waals surface area contributed by atoms with Crippen LogP contribution in [0.1, 0.15) is 33.6 Å². The Labute approximate surface area is 181 Å². The molecule has 2 amide bonds. The number of benzene rings is 3. The van der Waals surface area contributed by atoms with E-state index in [1.54, 1.807) is 23.9 Å². The molecule has 0 bridgehead atoms. The second-order valence-electron chi connectivity index (χ2n) is 7.15. The Bertz CT molecular complexity index is 1130. The predicted octanol–water partition coefficient (Wildman–Crippen LogP) is 5.98. The van der Waals surface area contributed by atoms with Crippen LogP contribution in [0.3, 0.4) is 0 Å². The Morgan fingerprint density at radius 3 is 2.52 bits per heavy atom. The van der Waals surface area contributed by atoms with Crippen molar-refractivity contribution in [2.24, 2.45) is 0 Å². The zero-order valence-electron chi connectivity index (χ0n) is 15.4. The molecule has 0 saturated heterocycles. The minimum absolute atomic E-state index is 0.0565. The first kappa shape index (κ1) is 18.5. The molecule has 1 fully saturated rings. The van der Waals surface area contributed by atoms with Gasteiger partial charge in [0.1, 0.15) is 0 Å². The highest BCUT2D eigenvalue weighted by Gasteiger charge is 2.38. The van der Waals surface area contributed by atoms with E-state index < -0.39 is 0 Å². The summed E-state index contributed by atoms with van der Waals surface area (Å²) in [6.45, 7) is 0. The molecule has 2 aliphatic rings. The van der Waals surface area contributed by atoms with E-state index in [0.717, 1.165) is 38.4 Å². The van der Waals surface area contributed by atoms with Gasteiger partial charge in [-0.3, -0.25) is 9.59 Å². The molecule has 1 saturated carbocycles. The standard InChI is InChI=1S/C23H17BrN2O2S/c24-15-7-5-14(6-8-15)22(27)25-16-9-12-19-21(13-16)29-20-4-2-1-3-18(20)23(28)26(19)17-10-11-17/h1-9,12-13,17H,10-11H2,(H,25,27). The molecular formula is C23H17BrN2O2S. The lowest BCUT2D eigenvalue weighted by atomic mass is 10.1. The smallest absolute Gasteiger partial charge is 0.259 e. The van der Waals surface area contributed by atoms with Crippen LogP contribution in [0.4, 0.5) is 11.4 Å². The van der Waals surface area contributed by atoms with E-state index in [2.05, 4.69) is 21.2 Å². The number of hydrogen-bond acceptors (Lipinski definition) is 3. The number of halogens is 1. The first-order valence-corrected chi connectivity index (χ1v) is 11.0. The van der Waals surface area contributed by atoms with Gasteiger partial charge in [-0.1, -0.05) is 39.8 Å². The predicted molar refractivity (Wildman–Crippen MR) is 119 cm³/mol. The van der Waals surface area contributed by atoms with Crippen molar-refractivity contribution in [2.45, 2.75) is 28.7 Å². The molecule has 5 rings (SSSR count). The van der Waals surface area contributed by atoms with Crippen LogP contribution in [0.2, 0.25) is 0 Å². The van der Waals surface area contributed by atoms with Crippen LogP contribution < -0.4 is 10.2 Å². The molecule has 0 radical (unpaired) electrons. The number of amides is 2. The van der Waals surface area contributed by atoms with Crippen molar-refractivity contribution in [1.82, 2.24) is 0 Å². The second-order valence-corrected chi connectivity index (χ2v) is 9.15. The second kappa shape index (κ2) is 7.35. The Balaban J connectivity index is 1.50. The molecule has 0 unspecified atom stereocenters. The summed E-state index contributed by atoms with van der Waals surface area (Å²) in [6.07, 6.45) is 2.06. The van der Waals surface area contributed by atoms with Crippen LogP contribution in [0.15, 0.2) is 81.0 Å². The van der Waals surface area contributed by atoms with Gasteiger partial charge in [0.15, 0.2) is 0 Å². The third-order valence-electron chi connectivity index (χ3n) is 5.05. The Morgan fingerprint density at radius 2 is 1.76 bits per heavy atom. The number of hydrogen-bond donors (Lipinski definition) is 1. The lowest BCUT2D eigenvalue weighted by Crippen LogP contribution is -2.32. The zero-order valence-corrected chi connectivity index (χ0v) is 17.8. The molecule has 1 aliphatic heterocycles. The summed E-state index contributed by atoms with van der Waals surface area (Å²) in [7, 11) is 0. The van der Waals surface area contributed by atoms with Crippen molar-refractivity contribution >= 4 is 50.9 Å². The average Bonchev–Trinajstić information content (AvgIpc) is 3.55. The van der Waals surface area contributed by atoms with Gasteiger partial charge in [0.05, 0.1) is 11.3 Å². The average molecular weight is 465 g/mol. The first-order valence-electron chi connectivity index (χ1n) is 9.41. The van der Waals surface area contributed by atoms with Crippen LogP contribution in [-0.2, 0) is 0 Å². The summed E-state index contributed by atoms with van der Waals surface area (Å²) < 4.78 is 0.930. The Hall–Kier alpha value is -2.57. The number of anilines is 2. The van der Waals surface area contributed by atoms with Gasteiger partial charge in [0.25, 0.3) is 11.8 Å². The lowest BCUT2D eigenvalue weighted by molar-refractivity contribution is 0.0981. The minimum Gasteiger partial charge on any atom is -0.322 e. The van der Waals surface area contributed by atoms with Crippen molar-refractivity contribution in [3.63, 3.8) is 0 Å². The first-order chi connectivity index (χ1) is 14.1. The molecule has 1 aliphatic carbocycles. The SMILES string of the molecule is O=C(Nc1ccc2c(c1)Sc1ccccc1C(=O)N2C1CC1)c1ccc(Br)cc1. The van der Waals surface area contributed by atoms with Crippen LogP contribution in [0.5, 0.6) is 0 Å². The zero-order chi connectivity index (χ0) is 20.0. The van der Waals surface area contributed by atoms with E-state index in [4.69, 9.17) is 0 Å². The summed E-state index contributed by atoms with van der Waals surface area (Å²) in [6, 6.07) is 21.0. The largest absolute Gasteiger partial charge is 0.322 e. The normalized spacial score (nSPS) is 15.3. The third-order valence-corrected chi connectivity index (χ3v) is 6.70. The minimum atomic E-state index is -0.161. The highest BCUT2D eigenvalue weighted by Crippen LogP contribution is 2.46. The number of nitrogens with one attached hydrogen (secondary N) is 1. The fraction of sp³-hybridized carbons (Fsp3) is 0.130. The highest BCUT2D eigenvalue weighted by molar-refractivity contribution is 9.10. The van der Waals surface area contributed by atoms with Gasteiger partial charge in [0, 0.05) is 31.6 Å². The molecule has 0 aromatic heterocycles. The number of carbonyl (C=O) groups excluding carboxylic acids is 2. The maximum atomic E-state index is 13.2. The van der Waals surface area contributed by atoms with Crippen LogP contribution in [0.25, 0.3) is 0 Å². The molecular weight excluding hydrogens is 448 g/mol. The van der Waals surface area contributed by atoms with Gasteiger partial charge < -0.3 is 10.2 Å². The maximum absolute atomic E-state index is 13.2. The fourth-order valence-corrected chi connectivity index (χ4v) is 4.83. The van der Waals surface area contributed by atoms with E-state index in [-0.39, 0.29) is 17.9 Å². The van der Waals surface area contributed by atoms with E-state index in [1.807, 2.05) is 59.5 Å². The molecule has 6 heteroatoms. The maximum Gasteiger partial charge on any atom is 0.259 e. The number of carbonyl (C=O) groups is 2. The molecule has 3 aromatic rings. The van der Waals surface area contributed by atoms with Gasteiger partial charge in [0.2, 0.25) is 0 Å². The van der Waals surface area contributed by atoms with Crippen LogP contribution >= 0.6 is 27.7 Å². The Morgan fingerprint density at radius 1 is 1.00 bits per heavy atom. The van der Waals surface area contributed by atoms with Gasteiger partial charge >= 0.3 is 0 Å². The molecule has 144 valence electrons. The van der Waals surface area contributed by atoms with Crippen molar-refractivity contribution < 1.29 is 9.59 Å². The van der Waals surface area contributed by atoms with Crippen LogP contribution in [0, 0.1) is 0 Å². The molecule has 1 N–H and O–H groups in total. The lowest BCUT2D eigenvalue weighted by Gasteiger charge is -2.23. The summed E-state index contributed by atoms with van der Waals surface area (Å²) in [4.78, 5) is 29.6. The van der Waals surface area contributed by atoms with E-state index in [1.165, 1.54) is 0 Å². The summed E-state index contributed by atoms with van der Waals surface area (Å²) in [5, 5.41) is 2.97. The van der Waals surface area contributed by atoms with Gasteiger partial charge in [-0.15, -0.1) is 0 Å². The van der Waals surface area contributed by atoms with E-state index in [9.17, 15) is 9.59 Å². The van der Waals surface area contributed by atoms with Crippen molar-refractivity contribution in [1.29, 1.82) is 0 Å². The number of nitrogens with zero attached hydrogens (tertiary/aromatic N) is 1.